The summed E-state index contributed by atoms with van der Waals surface area (Å²) in [5.41, 5.74) is 1.31. The average molecular weight is 647 g/mol. The molecule has 0 aromatic heterocycles. The summed E-state index contributed by atoms with van der Waals surface area (Å²) < 4.78 is 43.4. The fourth-order valence-electron chi connectivity index (χ4n) is 4.03. The molecule has 0 heterocycles. The lowest BCUT2D eigenvalue weighted by Gasteiger charge is -2.26. The molecule has 0 aliphatic rings. The minimum atomic E-state index is -5.25. The van der Waals surface area contributed by atoms with E-state index in [1.807, 2.05) is 12.2 Å². The van der Waals surface area contributed by atoms with Gasteiger partial charge in [-0.25, -0.2) is 0 Å². The molecule has 1 aromatic carbocycles. The van der Waals surface area contributed by atoms with E-state index >= 15 is 0 Å². The maximum Gasteiger partial charge on any atom is 0.471 e. The predicted octanol–water partition coefficient (Wildman–Crippen LogP) is 4.22. The van der Waals surface area contributed by atoms with Crippen molar-refractivity contribution in [3.8, 4) is 0 Å². The van der Waals surface area contributed by atoms with Gasteiger partial charge in [-0.2, -0.15) is 13.2 Å². The Morgan fingerprint density at radius 3 is 2.50 bits per heavy atom. The van der Waals surface area contributed by atoms with E-state index in [0.29, 0.717) is 30.4 Å². The van der Waals surface area contributed by atoms with E-state index < -0.39 is 54.0 Å². The van der Waals surface area contributed by atoms with Gasteiger partial charge in [0.25, 0.3) is 0 Å². The molecule has 1 rings (SSSR count). The van der Waals surface area contributed by atoms with Crippen LogP contribution < -0.4 is 10.6 Å². The SMILES string of the molecule is CCCCCC=CCC(O)C=Cc1cccc(C(SC[C@H](NC(=O)C(F)(F)F)C(=O)NCC(=O)OC)C(O)CCCCO)c1. The van der Waals surface area contributed by atoms with Crippen molar-refractivity contribution in [2.24, 2.45) is 0 Å². The fraction of sp³-hybridized carbons (Fsp3) is 0.581. The number of aliphatic hydroxyl groups excluding tert-OH is 3. The van der Waals surface area contributed by atoms with Crippen molar-refractivity contribution >= 4 is 35.6 Å². The molecule has 0 saturated carbocycles. The summed E-state index contributed by atoms with van der Waals surface area (Å²) in [4.78, 5) is 35.8. The summed E-state index contributed by atoms with van der Waals surface area (Å²) in [6.07, 6.45) is 6.36. The number of aliphatic hydroxyl groups is 3. The van der Waals surface area contributed by atoms with Crippen molar-refractivity contribution in [1.29, 1.82) is 0 Å². The van der Waals surface area contributed by atoms with Crippen LogP contribution in [-0.4, -0.2) is 83.5 Å². The second-order valence-corrected chi connectivity index (χ2v) is 11.3. The molecule has 13 heteroatoms. The molecule has 248 valence electrons. The van der Waals surface area contributed by atoms with Gasteiger partial charge in [0.05, 0.1) is 24.6 Å². The Morgan fingerprint density at radius 1 is 1.09 bits per heavy atom. The third kappa shape index (κ3) is 16.3. The molecule has 44 heavy (non-hydrogen) atoms. The number of ether oxygens (including phenoxy) is 1. The molecule has 0 radical (unpaired) electrons. The van der Waals surface area contributed by atoms with Crippen LogP contribution in [-0.2, 0) is 19.1 Å². The van der Waals surface area contributed by atoms with E-state index in [9.17, 15) is 37.8 Å². The van der Waals surface area contributed by atoms with Crippen LogP contribution in [0.5, 0.6) is 0 Å². The third-order valence-electron chi connectivity index (χ3n) is 6.48. The van der Waals surface area contributed by atoms with Gasteiger partial charge in [0.15, 0.2) is 0 Å². The van der Waals surface area contributed by atoms with E-state index in [1.54, 1.807) is 41.7 Å². The second kappa shape index (κ2) is 21.8. The van der Waals surface area contributed by atoms with E-state index in [0.717, 1.165) is 44.6 Å². The molecule has 3 unspecified atom stereocenters. The highest BCUT2D eigenvalue weighted by Crippen LogP contribution is 2.35. The number of esters is 1. The minimum absolute atomic E-state index is 0.0764. The normalized spacial score (nSPS) is 14.7. The highest BCUT2D eigenvalue weighted by atomic mass is 32.2. The van der Waals surface area contributed by atoms with Crippen LogP contribution in [0.1, 0.15) is 74.7 Å². The van der Waals surface area contributed by atoms with E-state index in [2.05, 4.69) is 17.0 Å². The molecule has 1 aromatic rings. The van der Waals surface area contributed by atoms with Gasteiger partial charge in [0, 0.05) is 12.4 Å². The molecule has 0 bridgehead atoms. The summed E-state index contributed by atoms with van der Waals surface area (Å²) in [6.45, 7) is 1.45. The maximum absolute atomic E-state index is 13.0. The van der Waals surface area contributed by atoms with Gasteiger partial charge >= 0.3 is 18.1 Å². The second-order valence-electron chi connectivity index (χ2n) is 10.2. The van der Waals surface area contributed by atoms with Crippen molar-refractivity contribution < 1.29 is 47.6 Å². The van der Waals surface area contributed by atoms with Crippen LogP contribution in [0, 0.1) is 0 Å². The summed E-state index contributed by atoms with van der Waals surface area (Å²) >= 11 is 0.968. The molecule has 0 aliphatic carbocycles. The molecular formula is C31H45F3N2O7S. The number of carbonyl (C=O) groups excluding carboxylic acids is 3. The predicted molar refractivity (Wildman–Crippen MR) is 165 cm³/mol. The van der Waals surface area contributed by atoms with Gasteiger partial charge in [-0.1, -0.05) is 68.3 Å². The molecule has 2 amide bonds. The van der Waals surface area contributed by atoms with Crippen LogP contribution >= 0.6 is 11.8 Å². The number of carbonyl (C=O) groups is 3. The monoisotopic (exact) mass is 646 g/mol. The zero-order valence-electron chi connectivity index (χ0n) is 25.2. The van der Waals surface area contributed by atoms with Gasteiger partial charge in [-0.15, -0.1) is 11.8 Å². The smallest absolute Gasteiger partial charge is 0.468 e. The highest BCUT2D eigenvalue weighted by molar-refractivity contribution is 7.99. The molecular weight excluding hydrogens is 601 g/mol. The molecule has 4 atom stereocenters. The number of allylic oxidation sites excluding steroid dienone is 1. The van der Waals surface area contributed by atoms with Crippen LogP contribution in [0.3, 0.4) is 0 Å². The lowest BCUT2D eigenvalue weighted by molar-refractivity contribution is -0.174. The Hall–Kier alpha value is -2.87. The first kappa shape index (κ1) is 39.2. The number of alkyl halides is 3. The molecule has 9 nitrogen and oxygen atoms in total. The van der Waals surface area contributed by atoms with Gasteiger partial charge < -0.3 is 30.7 Å². The highest BCUT2D eigenvalue weighted by Gasteiger charge is 2.41. The van der Waals surface area contributed by atoms with Crippen molar-refractivity contribution in [2.45, 2.75) is 88.0 Å². The lowest BCUT2D eigenvalue weighted by Crippen LogP contribution is -2.52. The third-order valence-corrected chi connectivity index (χ3v) is 7.95. The summed E-state index contributed by atoms with van der Waals surface area (Å²) in [7, 11) is 1.08. The Bertz CT molecular complexity index is 1070. The van der Waals surface area contributed by atoms with Gasteiger partial charge in [-0.05, 0) is 49.7 Å². The van der Waals surface area contributed by atoms with Crippen LogP contribution in [0.2, 0.25) is 0 Å². The van der Waals surface area contributed by atoms with E-state index in [4.69, 9.17) is 5.11 Å². The average Bonchev–Trinajstić information content (AvgIpc) is 2.99. The number of amides is 2. The standard InChI is InChI=1S/C31H45F3N2O7S/c1-3-4-5-6-7-8-14-24(38)17-16-22-12-11-13-23(19-22)28(26(39)15-9-10-18-37)44-21-25(36-30(42)31(32,33)34)29(41)35-20-27(40)43-2/h7-8,11-13,16-17,19,24-26,28,37-39H,3-6,9-10,14-15,18,20-21H2,1-2H3,(H,35,41)(H,36,42)/t24?,25-,26?,28?/m0/s1. The number of halogens is 3. The van der Waals surface area contributed by atoms with Crippen LogP contribution in [0.15, 0.2) is 42.5 Å². The van der Waals surface area contributed by atoms with Crippen molar-refractivity contribution in [3.63, 3.8) is 0 Å². The summed E-state index contributed by atoms with van der Waals surface area (Å²) in [5, 5.41) is 33.6. The van der Waals surface area contributed by atoms with Gasteiger partial charge in [0.2, 0.25) is 5.91 Å². The summed E-state index contributed by atoms with van der Waals surface area (Å²) in [5.74, 6) is -4.54. The number of nitrogens with one attached hydrogen (secondary N) is 2. The first-order valence-electron chi connectivity index (χ1n) is 14.7. The summed E-state index contributed by atoms with van der Waals surface area (Å²) in [6, 6.07) is 5.33. The molecule has 0 spiro atoms. The number of rotatable bonds is 21. The molecule has 0 saturated heterocycles. The molecule has 0 fully saturated rings. The van der Waals surface area contributed by atoms with Crippen LogP contribution in [0.25, 0.3) is 6.08 Å². The first-order chi connectivity index (χ1) is 20.9. The van der Waals surface area contributed by atoms with Crippen molar-refractivity contribution in [1.82, 2.24) is 10.6 Å². The topological polar surface area (TPSA) is 145 Å². The zero-order valence-corrected chi connectivity index (χ0v) is 26.0. The number of benzene rings is 1. The number of unbranched alkanes of at least 4 members (excludes halogenated alkanes) is 4. The van der Waals surface area contributed by atoms with Gasteiger partial charge in [-0.3, -0.25) is 14.4 Å². The van der Waals surface area contributed by atoms with E-state index in [1.165, 1.54) is 0 Å². The quantitative estimate of drug-likeness (QED) is 0.0759. The fourth-order valence-corrected chi connectivity index (χ4v) is 5.36. The lowest BCUT2D eigenvalue weighted by atomic mass is 10.0. The van der Waals surface area contributed by atoms with Crippen molar-refractivity contribution in [2.75, 3.05) is 26.0 Å². The molecule has 0 aliphatic heterocycles. The number of hydrogen-bond donors (Lipinski definition) is 5. The van der Waals surface area contributed by atoms with Crippen molar-refractivity contribution in [3.05, 3.63) is 53.6 Å². The first-order valence-corrected chi connectivity index (χ1v) is 15.7. The number of thioether (sulfide) groups is 1. The number of methoxy groups -OCH3 is 1. The van der Waals surface area contributed by atoms with E-state index in [-0.39, 0.29) is 18.8 Å². The zero-order chi connectivity index (χ0) is 33.0. The minimum Gasteiger partial charge on any atom is -0.468 e. The Labute approximate surface area is 261 Å². The molecule has 5 N–H and O–H groups in total. The number of hydrogen-bond acceptors (Lipinski definition) is 8. The van der Waals surface area contributed by atoms with Gasteiger partial charge in [0.1, 0.15) is 12.6 Å². The van der Waals surface area contributed by atoms with Crippen LogP contribution in [0.4, 0.5) is 13.2 Å². The largest absolute Gasteiger partial charge is 0.471 e. The Morgan fingerprint density at radius 2 is 1.84 bits per heavy atom. The maximum atomic E-state index is 13.0. The Kier molecular flexibility index (Phi) is 19.4. The Balaban J connectivity index is 3.12.